The van der Waals surface area contributed by atoms with E-state index in [-0.39, 0.29) is 5.91 Å². The first-order valence-electron chi connectivity index (χ1n) is 9.87. The quantitative estimate of drug-likeness (QED) is 0.367. The zero-order valence-electron chi connectivity index (χ0n) is 17.3. The smallest absolute Gasteiger partial charge is 0.337 e. The number of nitrogens with one attached hydrogen (secondary N) is 1. The van der Waals surface area contributed by atoms with Gasteiger partial charge in [0, 0.05) is 41.5 Å². The standard InChI is InChI=1S/C25H20N4O3/c1-32-25(31)18-9-12-21(13-10-18)27-23(30)14-11-20-17-29(22-7-3-2-4-8-22)28-24(20)19-6-5-15-26-16-19/h2-17H,1H3,(H,27,30). The van der Waals surface area contributed by atoms with Crippen molar-refractivity contribution in [2.75, 3.05) is 12.4 Å². The zero-order valence-corrected chi connectivity index (χ0v) is 17.3. The molecule has 4 aromatic rings. The number of esters is 1. The number of benzene rings is 2. The van der Waals surface area contributed by atoms with Gasteiger partial charge in [0.1, 0.15) is 5.69 Å². The van der Waals surface area contributed by atoms with E-state index < -0.39 is 5.97 Å². The first kappa shape index (κ1) is 20.7. The van der Waals surface area contributed by atoms with Gasteiger partial charge in [-0.2, -0.15) is 5.10 Å². The van der Waals surface area contributed by atoms with Crippen molar-refractivity contribution >= 4 is 23.6 Å². The van der Waals surface area contributed by atoms with Crippen LogP contribution in [0.15, 0.2) is 91.4 Å². The molecule has 32 heavy (non-hydrogen) atoms. The largest absolute Gasteiger partial charge is 0.465 e. The molecule has 4 rings (SSSR count). The van der Waals surface area contributed by atoms with Gasteiger partial charge in [0.05, 0.1) is 18.4 Å². The van der Waals surface area contributed by atoms with E-state index in [1.807, 2.05) is 48.7 Å². The Bertz CT molecular complexity index is 1250. The summed E-state index contributed by atoms with van der Waals surface area (Å²) in [5.74, 6) is -0.735. The van der Waals surface area contributed by atoms with Crippen molar-refractivity contribution in [3.05, 3.63) is 103 Å². The van der Waals surface area contributed by atoms with Crippen molar-refractivity contribution in [2.24, 2.45) is 0 Å². The summed E-state index contributed by atoms with van der Waals surface area (Å²) in [7, 11) is 1.32. The highest BCUT2D eigenvalue weighted by molar-refractivity contribution is 6.02. The summed E-state index contributed by atoms with van der Waals surface area (Å²) in [5, 5.41) is 7.47. The maximum absolute atomic E-state index is 12.5. The molecule has 0 atom stereocenters. The SMILES string of the molecule is COC(=O)c1ccc(NC(=O)C=Cc2cn(-c3ccccc3)nc2-c2cccnc2)cc1. The lowest BCUT2D eigenvalue weighted by Gasteiger charge is -2.03. The second-order valence-electron chi connectivity index (χ2n) is 6.85. The Morgan fingerprint density at radius 1 is 1.00 bits per heavy atom. The van der Waals surface area contributed by atoms with Crippen molar-refractivity contribution < 1.29 is 14.3 Å². The number of ether oxygens (including phenoxy) is 1. The van der Waals surface area contributed by atoms with Gasteiger partial charge in [0.25, 0.3) is 0 Å². The van der Waals surface area contributed by atoms with Gasteiger partial charge in [-0.1, -0.05) is 18.2 Å². The molecule has 1 N–H and O–H groups in total. The molecule has 0 aliphatic carbocycles. The average molecular weight is 424 g/mol. The molecule has 2 aromatic heterocycles. The van der Waals surface area contributed by atoms with E-state index in [2.05, 4.69) is 15.0 Å². The van der Waals surface area contributed by atoms with Crippen LogP contribution in [0.3, 0.4) is 0 Å². The van der Waals surface area contributed by atoms with Crippen LogP contribution < -0.4 is 5.32 Å². The fourth-order valence-electron chi connectivity index (χ4n) is 3.11. The highest BCUT2D eigenvalue weighted by Crippen LogP contribution is 2.24. The molecule has 0 saturated carbocycles. The third kappa shape index (κ3) is 4.79. The van der Waals surface area contributed by atoms with Crippen LogP contribution in [0.2, 0.25) is 0 Å². The summed E-state index contributed by atoms with van der Waals surface area (Å²) in [6.07, 6.45) is 8.46. The number of amides is 1. The first-order chi connectivity index (χ1) is 15.6. The Balaban J connectivity index is 1.56. The van der Waals surface area contributed by atoms with Crippen LogP contribution in [0.4, 0.5) is 5.69 Å². The van der Waals surface area contributed by atoms with Crippen molar-refractivity contribution in [3.63, 3.8) is 0 Å². The lowest BCUT2D eigenvalue weighted by molar-refractivity contribution is -0.111. The Labute approximate surface area is 185 Å². The fourth-order valence-corrected chi connectivity index (χ4v) is 3.11. The molecular weight excluding hydrogens is 404 g/mol. The minimum absolute atomic E-state index is 0.305. The van der Waals surface area contributed by atoms with Crippen LogP contribution in [-0.4, -0.2) is 33.8 Å². The van der Waals surface area contributed by atoms with Crippen LogP contribution in [0.1, 0.15) is 15.9 Å². The van der Waals surface area contributed by atoms with Gasteiger partial charge in [0.15, 0.2) is 0 Å². The van der Waals surface area contributed by atoms with E-state index in [0.717, 1.165) is 16.8 Å². The van der Waals surface area contributed by atoms with Crippen molar-refractivity contribution in [1.29, 1.82) is 0 Å². The van der Waals surface area contributed by atoms with Crippen molar-refractivity contribution in [3.8, 4) is 16.9 Å². The van der Waals surface area contributed by atoms with Gasteiger partial charge in [-0.3, -0.25) is 9.78 Å². The molecule has 0 bridgehead atoms. The predicted octanol–water partition coefficient (Wildman–Crippen LogP) is 4.37. The maximum atomic E-state index is 12.5. The van der Waals surface area contributed by atoms with Crippen LogP contribution in [0.25, 0.3) is 23.0 Å². The lowest BCUT2D eigenvalue weighted by Crippen LogP contribution is -2.08. The molecule has 158 valence electrons. The number of carbonyl (C=O) groups is 2. The maximum Gasteiger partial charge on any atom is 0.337 e. The minimum atomic E-state index is -0.430. The van der Waals surface area contributed by atoms with Gasteiger partial charge in [-0.05, 0) is 54.6 Å². The second-order valence-corrected chi connectivity index (χ2v) is 6.85. The van der Waals surface area contributed by atoms with E-state index in [9.17, 15) is 9.59 Å². The van der Waals surface area contributed by atoms with Crippen molar-refractivity contribution in [2.45, 2.75) is 0 Å². The van der Waals surface area contributed by atoms with Gasteiger partial charge >= 0.3 is 5.97 Å². The van der Waals surface area contributed by atoms with Gasteiger partial charge in [0.2, 0.25) is 5.91 Å². The molecule has 2 heterocycles. The van der Waals surface area contributed by atoms with E-state index in [0.29, 0.717) is 16.9 Å². The molecule has 0 unspecified atom stereocenters. The molecule has 7 nitrogen and oxygen atoms in total. The zero-order chi connectivity index (χ0) is 22.3. The number of carbonyl (C=O) groups excluding carboxylic acids is 2. The van der Waals surface area contributed by atoms with Crippen LogP contribution in [0.5, 0.6) is 0 Å². The summed E-state index contributed by atoms with van der Waals surface area (Å²) in [6, 6.07) is 20.0. The number of nitrogens with zero attached hydrogens (tertiary/aromatic N) is 3. The molecule has 0 aliphatic rings. The summed E-state index contributed by atoms with van der Waals surface area (Å²) in [5.41, 5.74) is 4.23. The topological polar surface area (TPSA) is 86.1 Å². The second kappa shape index (κ2) is 9.53. The number of pyridine rings is 1. The van der Waals surface area contributed by atoms with Gasteiger partial charge < -0.3 is 10.1 Å². The first-order valence-corrected chi connectivity index (χ1v) is 9.87. The van der Waals surface area contributed by atoms with Crippen LogP contribution in [-0.2, 0) is 9.53 Å². The van der Waals surface area contributed by atoms with E-state index in [4.69, 9.17) is 5.10 Å². The number of para-hydroxylation sites is 1. The molecule has 0 saturated heterocycles. The lowest BCUT2D eigenvalue weighted by atomic mass is 10.1. The number of hydrogen-bond acceptors (Lipinski definition) is 5. The molecule has 2 aromatic carbocycles. The van der Waals surface area contributed by atoms with E-state index in [1.54, 1.807) is 47.4 Å². The highest BCUT2D eigenvalue weighted by Gasteiger charge is 2.11. The minimum Gasteiger partial charge on any atom is -0.465 e. The summed E-state index contributed by atoms with van der Waals surface area (Å²) in [4.78, 5) is 28.2. The Morgan fingerprint density at radius 3 is 2.47 bits per heavy atom. The Hall–Kier alpha value is -4.52. The third-order valence-corrected chi connectivity index (χ3v) is 4.69. The number of anilines is 1. The predicted molar refractivity (Wildman–Crippen MR) is 122 cm³/mol. The van der Waals surface area contributed by atoms with E-state index in [1.165, 1.54) is 13.2 Å². The van der Waals surface area contributed by atoms with Crippen LogP contribution in [0, 0.1) is 0 Å². The molecule has 0 radical (unpaired) electrons. The molecule has 0 fully saturated rings. The third-order valence-electron chi connectivity index (χ3n) is 4.69. The number of aromatic nitrogens is 3. The van der Waals surface area contributed by atoms with E-state index >= 15 is 0 Å². The Kier molecular flexibility index (Phi) is 6.17. The molecule has 1 amide bonds. The molecule has 0 spiro atoms. The fraction of sp³-hybridized carbons (Fsp3) is 0.0400. The number of methoxy groups -OCH3 is 1. The van der Waals surface area contributed by atoms with Crippen molar-refractivity contribution in [1.82, 2.24) is 14.8 Å². The molecule has 7 heteroatoms. The summed E-state index contributed by atoms with van der Waals surface area (Å²) < 4.78 is 6.45. The Morgan fingerprint density at radius 2 is 1.78 bits per heavy atom. The van der Waals surface area contributed by atoms with Gasteiger partial charge in [-0.25, -0.2) is 9.48 Å². The summed E-state index contributed by atoms with van der Waals surface area (Å²) >= 11 is 0. The van der Waals surface area contributed by atoms with Crippen LogP contribution >= 0.6 is 0 Å². The highest BCUT2D eigenvalue weighted by atomic mass is 16.5. The monoisotopic (exact) mass is 424 g/mol. The molecule has 0 aliphatic heterocycles. The number of rotatable bonds is 6. The average Bonchev–Trinajstić information content (AvgIpc) is 3.28. The van der Waals surface area contributed by atoms with Gasteiger partial charge in [-0.15, -0.1) is 0 Å². The molecular formula is C25H20N4O3. The summed E-state index contributed by atoms with van der Waals surface area (Å²) in [6.45, 7) is 0. The number of hydrogen-bond donors (Lipinski definition) is 1. The normalized spacial score (nSPS) is 10.8.